The number of amides is 2. The second-order valence-electron chi connectivity index (χ2n) is 9.25. The number of hydrogen-bond acceptors (Lipinski definition) is 4. The van der Waals surface area contributed by atoms with Crippen molar-refractivity contribution in [3.8, 4) is 11.1 Å². The minimum Gasteiger partial charge on any atom is -0.480 e. The van der Waals surface area contributed by atoms with E-state index in [1.54, 1.807) is 0 Å². The van der Waals surface area contributed by atoms with Crippen molar-refractivity contribution >= 4 is 18.0 Å². The van der Waals surface area contributed by atoms with Gasteiger partial charge in [0.15, 0.2) is 0 Å². The van der Waals surface area contributed by atoms with Gasteiger partial charge < -0.3 is 20.5 Å². The van der Waals surface area contributed by atoms with E-state index >= 15 is 0 Å². The predicted molar refractivity (Wildman–Crippen MR) is 124 cm³/mol. The molecule has 7 heteroatoms. The Kier molecular flexibility index (Phi) is 6.40. The second-order valence-corrected chi connectivity index (χ2v) is 9.25. The number of carbonyl (C=O) groups excluding carboxylic acids is 2. The van der Waals surface area contributed by atoms with Gasteiger partial charge in [0, 0.05) is 5.92 Å². The number of fused-ring (bicyclic) bond motifs is 3. The maximum absolute atomic E-state index is 12.7. The van der Waals surface area contributed by atoms with Gasteiger partial charge in [0.2, 0.25) is 5.91 Å². The summed E-state index contributed by atoms with van der Waals surface area (Å²) < 4.78 is 5.49. The zero-order chi connectivity index (χ0) is 23.6. The fraction of sp³-hybridized carbons (Fsp3) is 0.423. The van der Waals surface area contributed by atoms with Crippen LogP contribution < -0.4 is 10.6 Å². The first-order chi connectivity index (χ1) is 15.8. The van der Waals surface area contributed by atoms with Gasteiger partial charge in [0.25, 0.3) is 0 Å². The zero-order valence-corrected chi connectivity index (χ0v) is 19.0. The first-order valence-electron chi connectivity index (χ1n) is 11.5. The number of carboxylic acids is 1. The molecule has 0 saturated heterocycles. The molecule has 4 rings (SSSR count). The van der Waals surface area contributed by atoms with Crippen molar-refractivity contribution in [1.29, 1.82) is 0 Å². The Labute approximate surface area is 193 Å². The monoisotopic (exact) mass is 450 g/mol. The summed E-state index contributed by atoms with van der Waals surface area (Å²) in [7, 11) is 0. The van der Waals surface area contributed by atoms with Crippen LogP contribution in [0.3, 0.4) is 0 Å². The van der Waals surface area contributed by atoms with Crippen molar-refractivity contribution in [3.63, 3.8) is 0 Å². The first kappa shape index (κ1) is 22.8. The highest BCUT2D eigenvalue weighted by atomic mass is 16.5. The molecule has 1 fully saturated rings. The lowest BCUT2D eigenvalue weighted by atomic mass is 9.77. The van der Waals surface area contributed by atoms with E-state index < -0.39 is 29.6 Å². The van der Waals surface area contributed by atoms with Gasteiger partial charge >= 0.3 is 12.1 Å². The molecule has 0 heterocycles. The van der Waals surface area contributed by atoms with E-state index in [9.17, 15) is 19.5 Å². The Bertz CT molecular complexity index is 1010. The summed E-state index contributed by atoms with van der Waals surface area (Å²) in [5.74, 6) is -1.20. The van der Waals surface area contributed by atoms with Crippen molar-refractivity contribution in [2.45, 2.75) is 57.0 Å². The SMILES string of the molecule is CC1CCC(NC(=O)C(C)NC(=O)OCC2c3ccccc3-c3ccccc32)(C(=O)O)CC1. The number of carbonyl (C=O) groups is 3. The van der Waals surface area contributed by atoms with Gasteiger partial charge in [0.05, 0.1) is 0 Å². The number of nitrogens with one attached hydrogen (secondary N) is 2. The summed E-state index contributed by atoms with van der Waals surface area (Å²) in [5.41, 5.74) is 3.20. The van der Waals surface area contributed by atoms with Crippen molar-refractivity contribution < 1.29 is 24.2 Å². The van der Waals surface area contributed by atoms with Gasteiger partial charge in [-0.1, -0.05) is 55.5 Å². The van der Waals surface area contributed by atoms with E-state index in [0.717, 1.165) is 35.1 Å². The Morgan fingerprint density at radius 3 is 2.12 bits per heavy atom. The molecule has 7 nitrogen and oxygen atoms in total. The number of benzene rings is 2. The van der Waals surface area contributed by atoms with Gasteiger partial charge in [-0.2, -0.15) is 0 Å². The Morgan fingerprint density at radius 2 is 1.58 bits per heavy atom. The standard InChI is InChI=1S/C26H30N2O5/c1-16-11-13-26(14-12-16,24(30)31)28-23(29)17(2)27-25(32)33-15-22-20-9-5-3-7-18(20)19-8-4-6-10-21(19)22/h3-10,16-17,22H,11-15H2,1-2H3,(H,27,32)(H,28,29)(H,30,31). The van der Waals surface area contributed by atoms with Crippen LogP contribution in [0.25, 0.3) is 11.1 Å². The molecule has 2 aromatic carbocycles. The summed E-state index contributed by atoms with van der Waals surface area (Å²) in [4.78, 5) is 37.0. The molecule has 1 unspecified atom stereocenters. The molecule has 0 radical (unpaired) electrons. The molecule has 2 aromatic rings. The smallest absolute Gasteiger partial charge is 0.407 e. The Morgan fingerprint density at radius 1 is 1.03 bits per heavy atom. The van der Waals surface area contributed by atoms with Crippen molar-refractivity contribution in [1.82, 2.24) is 10.6 Å². The molecule has 174 valence electrons. The van der Waals surface area contributed by atoms with Crippen molar-refractivity contribution in [2.75, 3.05) is 6.61 Å². The van der Waals surface area contributed by atoms with E-state index in [-0.39, 0.29) is 12.5 Å². The summed E-state index contributed by atoms with van der Waals surface area (Å²) in [5, 5.41) is 14.9. The third-order valence-electron chi connectivity index (χ3n) is 6.97. The first-order valence-corrected chi connectivity index (χ1v) is 11.5. The zero-order valence-electron chi connectivity index (χ0n) is 19.0. The van der Waals surface area contributed by atoms with Gasteiger partial charge in [-0.3, -0.25) is 4.79 Å². The maximum atomic E-state index is 12.7. The molecule has 0 aromatic heterocycles. The number of rotatable bonds is 6. The number of hydrogen-bond donors (Lipinski definition) is 3. The third kappa shape index (κ3) is 4.58. The van der Waals surface area contributed by atoms with E-state index in [4.69, 9.17) is 4.74 Å². The van der Waals surface area contributed by atoms with Crippen LogP contribution in [0.5, 0.6) is 0 Å². The summed E-state index contributed by atoms with van der Waals surface area (Å²) in [6.45, 7) is 3.75. The highest BCUT2D eigenvalue weighted by Gasteiger charge is 2.43. The van der Waals surface area contributed by atoms with Crippen molar-refractivity contribution in [2.24, 2.45) is 5.92 Å². The molecule has 0 aliphatic heterocycles. The molecule has 2 aliphatic carbocycles. The fourth-order valence-electron chi connectivity index (χ4n) is 4.87. The average Bonchev–Trinajstić information content (AvgIpc) is 3.13. The minimum atomic E-state index is -1.28. The minimum absolute atomic E-state index is 0.0770. The summed E-state index contributed by atoms with van der Waals surface area (Å²) in [6.07, 6.45) is 1.53. The molecule has 2 amide bonds. The van der Waals surface area contributed by atoms with Gasteiger partial charge in [-0.25, -0.2) is 9.59 Å². The number of carboxylic acid groups (broad SMARTS) is 1. The molecule has 1 saturated carbocycles. The summed E-state index contributed by atoms with van der Waals surface area (Å²) >= 11 is 0. The molecule has 1 atom stereocenters. The van der Waals surface area contributed by atoms with Crippen LogP contribution in [0.2, 0.25) is 0 Å². The quantitative estimate of drug-likeness (QED) is 0.616. The Balaban J connectivity index is 1.35. The lowest BCUT2D eigenvalue weighted by Crippen LogP contribution is -2.60. The topological polar surface area (TPSA) is 105 Å². The molecular formula is C26H30N2O5. The number of ether oxygens (including phenoxy) is 1. The highest BCUT2D eigenvalue weighted by Crippen LogP contribution is 2.44. The molecule has 33 heavy (non-hydrogen) atoms. The molecule has 2 aliphatic rings. The van der Waals surface area contributed by atoms with Gasteiger partial charge in [-0.15, -0.1) is 0 Å². The van der Waals surface area contributed by atoms with Crippen LogP contribution in [0.1, 0.15) is 56.6 Å². The van der Waals surface area contributed by atoms with Crippen LogP contribution in [0, 0.1) is 5.92 Å². The third-order valence-corrected chi connectivity index (χ3v) is 6.97. The van der Waals surface area contributed by atoms with Crippen LogP contribution in [-0.4, -0.2) is 41.3 Å². The van der Waals surface area contributed by atoms with Gasteiger partial charge in [-0.05, 0) is 60.8 Å². The average molecular weight is 451 g/mol. The number of aliphatic carboxylic acids is 1. The fourth-order valence-corrected chi connectivity index (χ4v) is 4.87. The van der Waals surface area contributed by atoms with Crippen LogP contribution in [0.15, 0.2) is 48.5 Å². The predicted octanol–water partition coefficient (Wildman–Crippen LogP) is 4.06. The van der Waals surface area contributed by atoms with E-state index in [2.05, 4.69) is 29.7 Å². The normalized spacial score (nSPS) is 22.5. The van der Waals surface area contributed by atoms with Crippen LogP contribution in [0.4, 0.5) is 4.79 Å². The molecular weight excluding hydrogens is 420 g/mol. The maximum Gasteiger partial charge on any atom is 0.407 e. The molecule has 0 spiro atoms. The lowest BCUT2D eigenvalue weighted by Gasteiger charge is -2.37. The Hall–Kier alpha value is -3.35. The van der Waals surface area contributed by atoms with E-state index in [1.807, 2.05) is 36.4 Å². The van der Waals surface area contributed by atoms with E-state index in [0.29, 0.717) is 18.8 Å². The molecule has 0 bridgehead atoms. The van der Waals surface area contributed by atoms with E-state index in [1.165, 1.54) is 6.92 Å². The van der Waals surface area contributed by atoms with Crippen molar-refractivity contribution in [3.05, 3.63) is 59.7 Å². The summed E-state index contributed by atoms with van der Waals surface area (Å²) in [6, 6.07) is 15.2. The molecule has 3 N–H and O–H groups in total. The van der Waals surface area contributed by atoms with Crippen LogP contribution >= 0.6 is 0 Å². The number of alkyl carbamates (subject to hydrolysis) is 1. The highest BCUT2D eigenvalue weighted by molar-refractivity contribution is 5.91. The van der Waals surface area contributed by atoms with Gasteiger partial charge in [0.1, 0.15) is 18.2 Å². The largest absolute Gasteiger partial charge is 0.480 e. The second kappa shape index (κ2) is 9.25. The van der Waals surface area contributed by atoms with Crippen LogP contribution in [-0.2, 0) is 14.3 Å². The lowest BCUT2D eigenvalue weighted by molar-refractivity contribution is -0.149.